The fraction of sp³-hybridized carbons (Fsp3) is 0.333. The Balaban J connectivity index is 2.05. The maximum Gasteiger partial charge on any atom is 0.240 e. The molecule has 0 saturated carbocycles. The third-order valence-electron chi connectivity index (χ3n) is 4.55. The van der Waals surface area contributed by atoms with Crippen LogP contribution in [0.25, 0.3) is 17.1 Å². The first-order valence-electron chi connectivity index (χ1n) is 8.80. The van der Waals surface area contributed by atoms with E-state index < -0.39 is 10.0 Å². The molecule has 10 heteroatoms. The van der Waals surface area contributed by atoms with Gasteiger partial charge in [-0.2, -0.15) is 9.78 Å². The van der Waals surface area contributed by atoms with Crippen LogP contribution in [0.4, 0.5) is 5.82 Å². The highest BCUT2D eigenvalue weighted by atomic mass is 32.2. The minimum Gasteiger partial charge on any atom is -0.381 e. The lowest BCUT2D eigenvalue weighted by Gasteiger charge is -2.18. The van der Waals surface area contributed by atoms with Gasteiger partial charge in [-0.3, -0.25) is 0 Å². The molecule has 148 valence electrons. The van der Waals surface area contributed by atoms with Gasteiger partial charge in [0.2, 0.25) is 10.0 Å². The standard InChI is InChI=1S/C18H23N7O2S/c1-11(2)13(4)24-28(26,27)14-6-5-12(3)15(7-14)16-8-21-17(19)18(23-16)25-10-20-9-22-25/h5-11,13,24H,1-4H3,(H2,19,21). The third kappa shape index (κ3) is 4.02. The molecule has 2 heterocycles. The van der Waals surface area contributed by atoms with Crippen molar-refractivity contribution in [3.8, 4) is 17.1 Å². The van der Waals surface area contributed by atoms with Crippen LogP contribution in [-0.2, 0) is 10.0 Å². The van der Waals surface area contributed by atoms with Gasteiger partial charge in [0, 0.05) is 11.6 Å². The molecule has 9 nitrogen and oxygen atoms in total. The Kier molecular flexibility index (Phi) is 5.43. The van der Waals surface area contributed by atoms with E-state index in [0.29, 0.717) is 17.1 Å². The lowest BCUT2D eigenvalue weighted by atomic mass is 10.1. The van der Waals surface area contributed by atoms with Gasteiger partial charge in [0.05, 0.1) is 16.8 Å². The molecular formula is C18H23N7O2S. The number of nitrogens with two attached hydrogens (primary N) is 1. The third-order valence-corrected chi connectivity index (χ3v) is 6.11. The zero-order valence-electron chi connectivity index (χ0n) is 16.2. The van der Waals surface area contributed by atoms with Crippen molar-refractivity contribution in [1.82, 2.24) is 29.5 Å². The number of hydrogen-bond donors (Lipinski definition) is 2. The van der Waals surface area contributed by atoms with Gasteiger partial charge in [-0.1, -0.05) is 19.9 Å². The average Bonchev–Trinajstić information content (AvgIpc) is 3.16. The van der Waals surface area contributed by atoms with Crippen LogP contribution in [0, 0.1) is 12.8 Å². The molecule has 0 spiro atoms. The Morgan fingerprint density at radius 2 is 1.96 bits per heavy atom. The molecule has 3 aromatic rings. The van der Waals surface area contributed by atoms with Crippen LogP contribution in [0.5, 0.6) is 0 Å². The lowest BCUT2D eigenvalue weighted by molar-refractivity contribution is 0.476. The average molecular weight is 401 g/mol. The smallest absolute Gasteiger partial charge is 0.240 e. The summed E-state index contributed by atoms with van der Waals surface area (Å²) in [5.41, 5.74) is 7.91. The predicted octanol–water partition coefficient (Wildman–Crippen LogP) is 1.94. The first kappa shape index (κ1) is 19.9. The van der Waals surface area contributed by atoms with E-state index in [-0.39, 0.29) is 22.7 Å². The minimum atomic E-state index is -3.66. The Morgan fingerprint density at radius 1 is 1.21 bits per heavy atom. The fourth-order valence-corrected chi connectivity index (χ4v) is 3.92. The van der Waals surface area contributed by atoms with Crippen molar-refractivity contribution in [2.24, 2.45) is 5.92 Å². The van der Waals surface area contributed by atoms with Crippen molar-refractivity contribution in [3.05, 3.63) is 42.6 Å². The summed E-state index contributed by atoms with van der Waals surface area (Å²) >= 11 is 0. The number of benzene rings is 1. The van der Waals surface area contributed by atoms with Crippen LogP contribution in [0.1, 0.15) is 26.3 Å². The fourth-order valence-electron chi connectivity index (χ4n) is 2.50. The van der Waals surface area contributed by atoms with Crippen molar-refractivity contribution in [3.63, 3.8) is 0 Å². The number of nitrogens with one attached hydrogen (secondary N) is 1. The van der Waals surface area contributed by atoms with Gasteiger partial charge in [0.1, 0.15) is 12.7 Å². The molecule has 0 amide bonds. The molecule has 1 unspecified atom stereocenters. The normalized spacial score (nSPS) is 13.0. The summed E-state index contributed by atoms with van der Waals surface area (Å²) < 4.78 is 29.6. The van der Waals surface area contributed by atoms with E-state index >= 15 is 0 Å². The van der Waals surface area contributed by atoms with E-state index in [2.05, 4.69) is 24.8 Å². The van der Waals surface area contributed by atoms with E-state index in [1.54, 1.807) is 18.2 Å². The zero-order chi connectivity index (χ0) is 20.5. The molecule has 3 rings (SSSR count). The summed E-state index contributed by atoms with van der Waals surface area (Å²) in [5.74, 6) is 0.699. The first-order chi connectivity index (χ1) is 13.2. The van der Waals surface area contributed by atoms with Gasteiger partial charge >= 0.3 is 0 Å². The largest absolute Gasteiger partial charge is 0.381 e. The van der Waals surface area contributed by atoms with Crippen molar-refractivity contribution in [2.45, 2.75) is 38.6 Å². The summed E-state index contributed by atoms with van der Waals surface area (Å²) in [6, 6.07) is 4.73. The van der Waals surface area contributed by atoms with E-state index in [1.165, 1.54) is 23.5 Å². The van der Waals surface area contributed by atoms with Gasteiger partial charge in [-0.05, 0) is 37.5 Å². The summed E-state index contributed by atoms with van der Waals surface area (Å²) in [6.07, 6.45) is 4.35. The molecule has 28 heavy (non-hydrogen) atoms. The Morgan fingerprint density at radius 3 is 2.61 bits per heavy atom. The Hall–Kier alpha value is -2.85. The van der Waals surface area contributed by atoms with Crippen LogP contribution in [0.3, 0.4) is 0 Å². The summed E-state index contributed by atoms with van der Waals surface area (Å²) in [6.45, 7) is 7.64. The van der Waals surface area contributed by atoms with Crippen molar-refractivity contribution in [2.75, 3.05) is 5.73 Å². The van der Waals surface area contributed by atoms with Crippen molar-refractivity contribution in [1.29, 1.82) is 0 Å². The van der Waals surface area contributed by atoms with Gasteiger partial charge in [-0.25, -0.2) is 28.1 Å². The summed E-state index contributed by atoms with van der Waals surface area (Å²) in [4.78, 5) is 12.8. The molecule has 0 aliphatic rings. The summed E-state index contributed by atoms with van der Waals surface area (Å²) in [5, 5.41) is 4.03. The number of nitrogens with zero attached hydrogens (tertiary/aromatic N) is 5. The molecule has 1 atom stereocenters. The zero-order valence-corrected chi connectivity index (χ0v) is 17.0. The van der Waals surface area contributed by atoms with E-state index in [9.17, 15) is 8.42 Å². The number of anilines is 1. The quantitative estimate of drug-likeness (QED) is 0.646. The molecule has 2 aromatic heterocycles. The van der Waals surface area contributed by atoms with Crippen molar-refractivity contribution >= 4 is 15.8 Å². The van der Waals surface area contributed by atoms with Crippen LogP contribution >= 0.6 is 0 Å². The van der Waals surface area contributed by atoms with E-state index in [1.807, 2.05) is 27.7 Å². The van der Waals surface area contributed by atoms with Crippen LogP contribution in [-0.4, -0.2) is 39.2 Å². The van der Waals surface area contributed by atoms with Crippen molar-refractivity contribution < 1.29 is 8.42 Å². The number of aryl methyl sites for hydroxylation is 1. The number of rotatable bonds is 6. The molecule has 0 bridgehead atoms. The molecule has 0 aliphatic heterocycles. The minimum absolute atomic E-state index is 0.168. The monoisotopic (exact) mass is 401 g/mol. The first-order valence-corrected chi connectivity index (χ1v) is 10.3. The second-order valence-corrected chi connectivity index (χ2v) is 8.65. The van der Waals surface area contributed by atoms with E-state index in [0.717, 1.165) is 5.56 Å². The van der Waals surface area contributed by atoms with Gasteiger partial charge in [0.25, 0.3) is 0 Å². The molecule has 0 aliphatic carbocycles. The number of sulfonamides is 1. The highest BCUT2D eigenvalue weighted by molar-refractivity contribution is 7.89. The SMILES string of the molecule is Cc1ccc(S(=O)(=O)NC(C)C(C)C)cc1-c1cnc(N)c(-n2cncn2)n1. The second-order valence-electron chi connectivity index (χ2n) is 6.93. The molecule has 1 aromatic carbocycles. The molecule has 0 fully saturated rings. The van der Waals surface area contributed by atoms with Gasteiger partial charge < -0.3 is 5.73 Å². The molecule has 3 N–H and O–H groups in total. The van der Waals surface area contributed by atoms with Gasteiger partial charge in [0.15, 0.2) is 11.6 Å². The summed E-state index contributed by atoms with van der Waals surface area (Å²) in [7, 11) is -3.66. The lowest BCUT2D eigenvalue weighted by Crippen LogP contribution is -2.36. The molecule has 0 radical (unpaired) electrons. The van der Waals surface area contributed by atoms with Crippen LogP contribution < -0.4 is 10.5 Å². The number of nitrogen functional groups attached to an aromatic ring is 1. The number of aromatic nitrogens is 5. The maximum absolute atomic E-state index is 12.8. The highest BCUT2D eigenvalue weighted by Crippen LogP contribution is 2.26. The Labute approximate surface area is 164 Å². The predicted molar refractivity (Wildman–Crippen MR) is 106 cm³/mol. The molecular weight excluding hydrogens is 378 g/mol. The van der Waals surface area contributed by atoms with Crippen LogP contribution in [0.2, 0.25) is 0 Å². The Bertz CT molecular complexity index is 1080. The van der Waals surface area contributed by atoms with Crippen LogP contribution in [0.15, 0.2) is 41.9 Å². The second kappa shape index (κ2) is 7.64. The topological polar surface area (TPSA) is 129 Å². The van der Waals surface area contributed by atoms with E-state index in [4.69, 9.17) is 5.73 Å². The van der Waals surface area contributed by atoms with Gasteiger partial charge in [-0.15, -0.1) is 0 Å². The maximum atomic E-state index is 12.8. The highest BCUT2D eigenvalue weighted by Gasteiger charge is 2.21. The molecule has 0 saturated heterocycles. The number of hydrogen-bond acceptors (Lipinski definition) is 7.